The van der Waals surface area contributed by atoms with Gasteiger partial charge in [0.1, 0.15) is 0 Å². The Balaban J connectivity index is 2.26. The normalized spacial score (nSPS) is 15.2. The summed E-state index contributed by atoms with van der Waals surface area (Å²) in [4.78, 5) is 21.6. The van der Waals surface area contributed by atoms with E-state index in [0.29, 0.717) is 13.1 Å². The van der Waals surface area contributed by atoms with Crippen LogP contribution in [-0.4, -0.2) is 49.9 Å². The van der Waals surface area contributed by atoms with Gasteiger partial charge in [-0.2, -0.15) is 4.31 Å². The van der Waals surface area contributed by atoms with Crippen LogP contribution in [0.25, 0.3) is 0 Å². The predicted molar refractivity (Wildman–Crippen MR) is 83.2 cm³/mol. The number of nitro benzene ring substituents is 1. The molecule has 0 bridgehead atoms. The molecule has 0 saturated carbocycles. The first kappa shape index (κ1) is 18.1. The van der Waals surface area contributed by atoms with Gasteiger partial charge in [0.05, 0.1) is 16.4 Å². The Morgan fingerprint density at radius 3 is 2.58 bits per heavy atom. The number of sulfonamides is 1. The SMILES string of the molecule is CCOC(=O)COc1ccc(S(=O)(=O)N2CCCC2)cc1[N+](=O)[O-]. The molecule has 0 N–H and O–H groups in total. The standard InChI is InChI=1S/C14H18N2O7S/c1-2-22-14(17)10-23-13-6-5-11(9-12(13)16(18)19)24(20,21)15-7-3-4-8-15/h5-6,9H,2-4,7-8,10H2,1H3. The summed E-state index contributed by atoms with van der Waals surface area (Å²) in [6, 6.07) is 3.37. The minimum atomic E-state index is -3.77. The molecule has 0 aliphatic carbocycles. The molecule has 1 aliphatic rings. The molecule has 9 nitrogen and oxygen atoms in total. The Morgan fingerprint density at radius 2 is 2.00 bits per heavy atom. The molecule has 1 aromatic rings. The monoisotopic (exact) mass is 358 g/mol. The maximum atomic E-state index is 12.5. The highest BCUT2D eigenvalue weighted by Crippen LogP contribution is 2.31. The van der Waals surface area contributed by atoms with Gasteiger partial charge >= 0.3 is 11.7 Å². The lowest BCUT2D eigenvalue weighted by molar-refractivity contribution is -0.386. The molecular weight excluding hydrogens is 340 g/mol. The largest absolute Gasteiger partial charge is 0.475 e. The fourth-order valence-corrected chi connectivity index (χ4v) is 3.88. The number of benzene rings is 1. The number of nitro groups is 1. The zero-order valence-corrected chi connectivity index (χ0v) is 14.0. The van der Waals surface area contributed by atoms with Crippen molar-refractivity contribution in [1.82, 2.24) is 4.31 Å². The van der Waals surface area contributed by atoms with Crippen molar-refractivity contribution in [2.45, 2.75) is 24.7 Å². The van der Waals surface area contributed by atoms with Gasteiger partial charge in [-0.25, -0.2) is 13.2 Å². The fraction of sp³-hybridized carbons (Fsp3) is 0.500. The van der Waals surface area contributed by atoms with Crippen LogP contribution in [-0.2, 0) is 19.6 Å². The van der Waals surface area contributed by atoms with Crippen molar-refractivity contribution < 1.29 is 27.6 Å². The summed E-state index contributed by atoms with van der Waals surface area (Å²) in [5.74, 6) is -0.853. The molecule has 0 unspecified atom stereocenters. The number of carbonyl (C=O) groups is 1. The number of esters is 1. The number of ether oxygens (including phenoxy) is 2. The zero-order chi connectivity index (χ0) is 17.7. The Kier molecular flexibility index (Phi) is 5.73. The summed E-state index contributed by atoms with van der Waals surface area (Å²) < 4.78 is 36.0. The summed E-state index contributed by atoms with van der Waals surface area (Å²) in [5, 5.41) is 11.2. The maximum absolute atomic E-state index is 12.5. The lowest BCUT2D eigenvalue weighted by Crippen LogP contribution is -2.27. The summed E-state index contributed by atoms with van der Waals surface area (Å²) in [5.41, 5.74) is -0.514. The Morgan fingerprint density at radius 1 is 1.33 bits per heavy atom. The highest BCUT2D eigenvalue weighted by atomic mass is 32.2. The predicted octanol–water partition coefficient (Wildman–Crippen LogP) is 1.32. The van der Waals surface area contributed by atoms with E-state index >= 15 is 0 Å². The van der Waals surface area contributed by atoms with Gasteiger partial charge in [-0.15, -0.1) is 0 Å². The first-order valence-electron chi connectivity index (χ1n) is 7.43. The third-order valence-electron chi connectivity index (χ3n) is 3.48. The summed E-state index contributed by atoms with van der Waals surface area (Å²) >= 11 is 0. The Bertz CT molecular complexity index is 727. The number of hydrogen-bond donors (Lipinski definition) is 0. The molecular formula is C14H18N2O7S. The van der Waals surface area contributed by atoms with E-state index in [1.807, 2.05) is 0 Å². The maximum Gasteiger partial charge on any atom is 0.344 e. The smallest absolute Gasteiger partial charge is 0.344 e. The van der Waals surface area contributed by atoms with E-state index in [9.17, 15) is 23.3 Å². The van der Waals surface area contributed by atoms with E-state index in [2.05, 4.69) is 4.74 Å². The molecule has 1 aromatic carbocycles. The van der Waals surface area contributed by atoms with Crippen molar-refractivity contribution in [3.05, 3.63) is 28.3 Å². The van der Waals surface area contributed by atoms with Crippen LogP contribution < -0.4 is 4.74 Å². The van der Waals surface area contributed by atoms with Gasteiger partial charge in [0.15, 0.2) is 12.4 Å². The molecule has 1 aliphatic heterocycles. The zero-order valence-electron chi connectivity index (χ0n) is 13.1. The number of rotatable bonds is 7. The topological polar surface area (TPSA) is 116 Å². The molecule has 1 fully saturated rings. The third-order valence-corrected chi connectivity index (χ3v) is 5.38. The second kappa shape index (κ2) is 7.58. The van der Waals surface area contributed by atoms with Crippen molar-refractivity contribution in [1.29, 1.82) is 0 Å². The summed E-state index contributed by atoms with van der Waals surface area (Å²) in [6.45, 7) is 2.09. The van der Waals surface area contributed by atoms with Gasteiger partial charge in [-0.05, 0) is 31.9 Å². The number of hydrogen-bond acceptors (Lipinski definition) is 7. The van der Waals surface area contributed by atoms with E-state index in [4.69, 9.17) is 4.74 Å². The van der Waals surface area contributed by atoms with Crippen LogP contribution in [0.15, 0.2) is 23.1 Å². The van der Waals surface area contributed by atoms with Crippen LogP contribution in [0.5, 0.6) is 5.75 Å². The van der Waals surface area contributed by atoms with E-state index in [0.717, 1.165) is 18.9 Å². The number of nitrogens with zero attached hydrogens (tertiary/aromatic N) is 2. The van der Waals surface area contributed by atoms with Crippen molar-refractivity contribution >= 4 is 21.7 Å². The molecule has 1 saturated heterocycles. The highest BCUT2D eigenvalue weighted by molar-refractivity contribution is 7.89. The summed E-state index contributed by atoms with van der Waals surface area (Å²) in [6.07, 6.45) is 1.53. The van der Waals surface area contributed by atoms with E-state index in [1.54, 1.807) is 6.92 Å². The third kappa shape index (κ3) is 4.01. The summed E-state index contributed by atoms with van der Waals surface area (Å²) in [7, 11) is -3.77. The number of carbonyl (C=O) groups excluding carboxylic acids is 1. The van der Waals surface area contributed by atoms with Crippen molar-refractivity contribution in [3.63, 3.8) is 0 Å². The molecule has 0 spiro atoms. The van der Waals surface area contributed by atoms with Crippen molar-refractivity contribution in [3.8, 4) is 5.75 Å². The van der Waals surface area contributed by atoms with Crippen LogP contribution in [0.1, 0.15) is 19.8 Å². The van der Waals surface area contributed by atoms with Gasteiger partial charge in [0.25, 0.3) is 0 Å². The van der Waals surface area contributed by atoms with Crippen LogP contribution >= 0.6 is 0 Å². The van der Waals surface area contributed by atoms with Gasteiger partial charge in [0.2, 0.25) is 10.0 Å². The van der Waals surface area contributed by atoms with Gasteiger partial charge in [-0.1, -0.05) is 0 Å². The van der Waals surface area contributed by atoms with Gasteiger partial charge in [0, 0.05) is 19.2 Å². The van der Waals surface area contributed by atoms with Crippen molar-refractivity contribution in [2.75, 3.05) is 26.3 Å². The quantitative estimate of drug-likeness (QED) is 0.410. The molecule has 0 amide bonds. The average Bonchev–Trinajstić information content (AvgIpc) is 3.08. The second-order valence-electron chi connectivity index (χ2n) is 5.09. The lowest BCUT2D eigenvalue weighted by Gasteiger charge is -2.15. The fourth-order valence-electron chi connectivity index (χ4n) is 2.34. The molecule has 24 heavy (non-hydrogen) atoms. The van der Waals surface area contributed by atoms with E-state index in [-0.39, 0.29) is 17.3 Å². The second-order valence-corrected chi connectivity index (χ2v) is 7.03. The molecule has 0 radical (unpaired) electrons. The molecule has 0 aromatic heterocycles. The highest BCUT2D eigenvalue weighted by Gasteiger charge is 2.30. The molecule has 2 rings (SSSR count). The first-order chi connectivity index (χ1) is 11.4. The van der Waals surface area contributed by atoms with E-state index < -0.39 is 33.2 Å². The molecule has 1 heterocycles. The van der Waals surface area contributed by atoms with Gasteiger partial charge in [-0.3, -0.25) is 10.1 Å². The Labute approximate surface area is 139 Å². The Hall–Kier alpha value is -2.20. The first-order valence-corrected chi connectivity index (χ1v) is 8.87. The average molecular weight is 358 g/mol. The van der Waals surface area contributed by atoms with Crippen LogP contribution in [0.4, 0.5) is 5.69 Å². The molecule has 132 valence electrons. The minimum Gasteiger partial charge on any atom is -0.475 e. The molecule has 10 heteroatoms. The van der Waals surface area contributed by atoms with Crippen molar-refractivity contribution in [2.24, 2.45) is 0 Å². The van der Waals surface area contributed by atoms with Gasteiger partial charge < -0.3 is 9.47 Å². The minimum absolute atomic E-state index is 0.164. The molecule has 0 atom stereocenters. The van der Waals surface area contributed by atoms with E-state index in [1.165, 1.54) is 16.4 Å². The van der Waals surface area contributed by atoms with Crippen LogP contribution in [0.2, 0.25) is 0 Å². The van der Waals surface area contributed by atoms with Crippen LogP contribution in [0.3, 0.4) is 0 Å². The lowest BCUT2D eigenvalue weighted by atomic mass is 10.3. The van der Waals surface area contributed by atoms with Crippen LogP contribution in [0, 0.1) is 10.1 Å².